The lowest BCUT2D eigenvalue weighted by Gasteiger charge is -2.17. The smallest absolute Gasteiger partial charge is 0.243 e. The summed E-state index contributed by atoms with van der Waals surface area (Å²) in [5, 5.41) is 0.325. The monoisotopic (exact) mass is 262 g/mol. The van der Waals surface area contributed by atoms with Crippen LogP contribution in [0.5, 0.6) is 0 Å². The molecule has 0 aliphatic carbocycles. The largest absolute Gasteiger partial charge is 0.398 e. The second-order valence-corrected chi connectivity index (χ2v) is 5.99. The fraction of sp³-hybridized carbons (Fsp3) is 0.400. The van der Waals surface area contributed by atoms with Crippen LogP contribution in [0.25, 0.3) is 0 Å². The van der Waals surface area contributed by atoms with Gasteiger partial charge < -0.3 is 5.73 Å². The van der Waals surface area contributed by atoms with Gasteiger partial charge in [-0.15, -0.1) is 0 Å². The molecule has 90 valence electrons. The number of rotatable bonds is 3. The van der Waals surface area contributed by atoms with Crippen molar-refractivity contribution in [1.82, 2.24) is 4.31 Å². The molecule has 2 N–H and O–H groups in total. The predicted molar refractivity (Wildman–Crippen MR) is 66.1 cm³/mol. The standard InChI is InChI=1S/C10H15ClN2O2S/c1-4-13(3)16(14,15)10-6-8(11)5-9(12)7(10)2/h5-6H,4,12H2,1-3H3. The summed E-state index contributed by atoms with van der Waals surface area (Å²) < 4.78 is 25.5. The van der Waals surface area contributed by atoms with Crippen LogP contribution >= 0.6 is 11.6 Å². The highest BCUT2D eigenvalue weighted by Gasteiger charge is 2.22. The maximum Gasteiger partial charge on any atom is 0.243 e. The van der Waals surface area contributed by atoms with Gasteiger partial charge in [-0.25, -0.2) is 12.7 Å². The van der Waals surface area contributed by atoms with Crippen molar-refractivity contribution < 1.29 is 8.42 Å². The first kappa shape index (κ1) is 13.3. The van der Waals surface area contributed by atoms with Crippen LogP contribution in [0.3, 0.4) is 0 Å². The van der Waals surface area contributed by atoms with E-state index in [1.54, 1.807) is 19.9 Å². The van der Waals surface area contributed by atoms with Gasteiger partial charge in [-0.1, -0.05) is 18.5 Å². The summed E-state index contributed by atoms with van der Waals surface area (Å²) in [6.45, 7) is 3.83. The zero-order valence-electron chi connectivity index (χ0n) is 9.49. The number of hydrogen-bond donors (Lipinski definition) is 1. The minimum absolute atomic E-state index is 0.168. The number of benzene rings is 1. The van der Waals surface area contributed by atoms with Gasteiger partial charge in [-0.2, -0.15) is 0 Å². The zero-order chi connectivity index (χ0) is 12.5. The Bertz CT molecular complexity index is 500. The van der Waals surface area contributed by atoms with Crippen LogP contribution in [0.2, 0.25) is 5.02 Å². The third-order valence-electron chi connectivity index (χ3n) is 2.50. The van der Waals surface area contributed by atoms with Gasteiger partial charge in [-0.05, 0) is 24.6 Å². The summed E-state index contributed by atoms with van der Waals surface area (Å²) in [6, 6.07) is 2.97. The van der Waals surface area contributed by atoms with Crippen LogP contribution in [-0.2, 0) is 10.0 Å². The Balaban J connectivity index is 3.45. The summed E-state index contributed by atoms with van der Waals surface area (Å²) in [7, 11) is -1.98. The quantitative estimate of drug-likeness (QED) is 0.846. The van der Waals surface area contributed by atoms with Crippen LogP contribution < -0.4 is 5.73 Å². The molecule has 0 bridgehead atoms. The first-order valence-electron chi connectivity index (χ1n) is 4.82. The van der Waals surface area contributed by atoms with E-state index in [4.69, 9.17) is 17.3 Å². The molecule has 1 rings (SSSR count). The van der Waals surface area contributed by atoms with Crippen LogP contribution in [0.15, 0.2) is 17.0 Å². The number of halogens is 1. The number of anilines is 1. The lowest BCUT2D eigenvalue weighted by Crippen LogP contribution is -2.27. The zero-order valence-corrected chi connectivity index (χ0v) is 11.1. The first-order valence-corrected chi connectivity index (χ1v) is 6.64. The molecule has 0 saturated carbocycles. The van der Waals surface area contributed by atoms with Crippen molar-refractivity contribution in [2.24, 2.45) is 0 Å². The molecule has 16 heavy (non-hydrogen) atoms. The minimum Gasteiger partial charge on any atom is -0.398 e. The molecule has 4 nitrogen and oxygen atoms in total. The number of sulfonamides is 1. The van der Waals surface area contributed by atoms with Gasteiger partial charge in [-0.3, -0.25) is 0 Å². The average molecular weight is 263 g/mol. The van der Waals surface area contributed by atoms with Crippen molar-refractivity contribution in [1.29, 1.82) is 0 Å². The lowest BCUT2D eigenvalue weighted by molar-refractivity contribution is 0.486. The maximum atomic E-state index is 12.1. The number of hydrogen-bond acceptors (Lipinski definition) is 3. The normalized spacial score (nSPS) is 12.1. The van der Waals surface area contributed by atoms with Gasteiger partial charge in [0.05, 0.1) is 4.90 Å². The third kappa shape index (κ3) is 2.31. The second-order valence-electron chi connectivity index (χ2n) is 3.54. The Morgan fingerprint density at radius 3 is 2.50 bits per heavy atom. The van der Waals surface area contributed by atoms with Gasteiger partial charge in [0.25, 0.3) is 0 Å². The van der Waals surface area contributed by atoms with E-state index < -0.39 is 10.0 Å². The van der Waals surface area contributed by atoms with E-state index in [9.17, 15) is 8.42 Å². The predicted octanol–water partition coefficient (Wildman–Crippen LogP) is 1.87. The first-order chi connectivity index (χ1) is 7.30. The molecule has 0 heterocycles. The molecular weight excluding hydrogens is 248 g/mol. The molecular formula is C10H15ClN2O2S. The van der Waals surface area contributed by atoms with Gasteiger partial charge >= 0.3 is 0 Å². The SMILES string of the molecule is CCN(C)S(=O)(=O)c1cc(Cl)cc(N)c1C. The van der Waals surface area contributed by atoms with Crippen molar-refractivity contribution in [2.75, 3.05) is 19.3 Å². The molecule has 6 heteroatoms. The molecule has 0 atom stereocenters. The van der Waals surface area contributed by atoms with Crippen LogP contribution in [0.1, 0.15) is 12.5 Å². The molecule has 0 spiro atoms. The van der Waals surface area contributed by atoms with Crippen molar-refractivity contribution in [3.63, 3.8) is 0 Å². The van der Waals surface area contributed by atoms with Crippen molar-refractivity contribution >= 4 is 27.3 Å². The molecule has 0 radical (unpaired) electrons. The summed E-state index contributed by atoms with van der Waals surface area (Å²) in [5.41, 5.74) is 6.61. The van der Waals surface area contributed by atoms with E-state index >= 15 is 0 Å². The number of nitrogen functional groups attached to an aromatic ring is 1. The van der Waals surface area contributed by atoms with E-state index in [1.165, 1.54) is 17.4 Å². The Hall–Kier alpha value is -0.780. The van der Waals surface area contributed by atoms with E-state index in [0.717, 1.165) is 0 Å². The molecule has 1 aromatic carbocycles. The average Bonchev–Trinajstić information content (AvgIpc) is 2.21. The lowest BCUT2D eigenvalue weighted by atomic mass is 10.2. The summed E-state index contributed by atoms with van der Waals surface area (Å²) in [6.07, 6.45) is 0. The van der Waals surface area contributed by atoms with E-state index in [-0.39, 0.29) is 4.90 Å². The Labute approximate surface area is 101 Å². The molecule has 0 aromatic heterocycles. The molecule has 0 amide bonds. The molecule has 0 unspecified atom stereocenters. The molecule has 0 aliphatic rings. The minimum atomic E-state index is -3.50. The highest BCUT2D eigenvalue weighted by Crippen LogP contribution is 2.27. The molecule has 0 saturated heterocycles. The fourth-order valence-corrected chi connectivity index (χ4v) is 3.03. The van der Waals surface area contributed by atoms with E-state index in [0.29, 0.717) is 22.8 Å². The third-order valence-corrected chi connectivity index (χ3v) is 4.78. The van der Waals surface area contributed by atoms with E-state index in [2.05, 4.69) is 0 Å². The molecule has 1 aromatic rings. The van der Waals surface area contributed by atoms with Crippen LogP contribution in [-0.4, -0.2) is 26.3 Å². The maximum absolute atomic E-state index is 12.1. The summed E-state index contributed by atoms with van der Waals surface area (Å²) in [4.78, 5) is 0.168. The topological polar surface area (TPSA) is 63.4 Å². The number of nitrogens with two attached hydrogens (primary N) is 1. The van der Waals surface area contributed by atoms with Crippen LogP contribution in [0, 0.1) is 6.92 Å². The highest BCUT2D eigenvalue weighted by atomic mass is 35.5. The number of nitrogens with zero attached hydrogens (tertiary/aromatic N) is 1. The van der Waals surface area contributed by atoms with E-state index in [1.807, 2.05) is 0 Å². The Kier molecular flexibility index (Phi) is 3.83. The Morgan fingerprint density at radius 1 is 1.44 bits per heavy atom. The van der Waals surface area contributed by atoms with Gasteiger partial charge in [0.15, 0.2) is 0 Å². The van der Waals surface area contributed by atoms with Crippen molar-refractivity contribution in [3.8, 4) is 0 Å². The second kappa shape index (κ2) is 4.61. The van der Waals surface area contributed by atoms with Crippen molar-refractivity contribution in [2.45, 2.75) is 18.7 Å². The van der Waals surface area contributed by atoms with Gasteiger partial charge in [0.1, 0.15) is 0 Å². The molecule has 0 aliphatic heterocycles. The Morgan fingerprint density at radius 2 is 2.00 bits per heavy atom. The summed E-state index contributed by atoms with van der Waals surface area (Å²) >= 11 is 5.81. The van der Waals surface area contributed by atoms with Gasteiger partial charge in [0.2, 0.25) is 10.0 Å². The van der Waals surface area contributed by atoms with Crippen LogP contribution in [0.4, 0.5) is 5.69 Å². The molecule has 0 fully saturated rings. The summed E-state index contributed by atoms with van der Waals surface area (Å²) in [5.74, 6) is 0. The van der Waals surface area contributed by atoms with Crippen molar-refractivity contribution in [3.05, 3.63) is 22.7 Å². The fourth-order valence-electron chi connectivity index (χ4n) is 1.28. The highest BCUT2D eigenvalue weighted by molar-refractivity contribution is 7.89. The van der Waals surface area contributed by atoms with Gasteiger partial charge in [0, 0.05) is 24.3 Å².